The van der Waals surface area contributed by atoms with Crippen molar-refractivity contribution in [2.45, 2.75) is 62.9 Å². The van der Waals surface area contributed by atoms with E-state index in [9.17, 15) is 4.79 Å². The van der Waals surface area contributed by atoms with Gasteiger partial charge in [-0.1, -0.05) is 55.3 Å². The zero-order chi connectivity index (χ0) is 20.8. The highest BCUT2D eigenvalue weighted by molar-refractivity contribution is 5.79. The van der Waals surface area contributed by atoms with Gasteiger partial charge >= 0.3 is 0 Å². The van der Waals surface area contributed by atoms with Crippen molar-refractivity contribution in [3.63, 3.8) is 0 Å². The Balaban J connectivity index is 1.34. The van der Waals surface area contributed by atoms with Crippen molar-refractivity contribution in [3.8, 4) is 5.75 Å². The Morgan fingerprint density at radius 1 is 1.07 bits per heavy atom. The number of nitrogens with one attached hydrogen (secondary N) is 1. The van der Waals surface area contributed by atoms with Crippen LogP contribution in [0, 0.1) is 0 Å². The molecule has 1 N–H and O–H groups in total. The number of carbonyl (C=O) groups excluding carboxylic acids is 1. The van der Waals surface area contributed by atoms with Gasteiger partial charge in [0, 0.05) is 31.0 Å². The maximum Gasteiger partial charge on any atom is 0.222 e. The van der Waals surface area contributed by atoms with E-state index in [4.69, 9.17) is 4.74 Å². The quantitative estimate of drug-likeness (QED) is 0.615. The molecule has 1 atom stereocenters. The maximum atomic E-state index is 12.8. The fourth-order valence-corrected chi connectivity index (χ4v) is 5.26. The Bertz CT molecular complexity index is 813. The molecule has 1 saturated heterocycles. The molecule has 1 aliphatic heterocycles. The lowest BCUT2D eigenvalue weighted by Gasteiger charge is -2.37. The van der Waals surface area contributed by atoms with Crippen LogP contribution in [0.2, 0.25) is 0 Å². The van der Waals surface area contributed by atoms with E-state index in [1.807, 2.05) is 12.1 Å². The molecule has 4 rings (SSSR count). The first kappa shape index (κ1) is 20.9. The Morgan fingerprint density at radius 2 is 1.80 bits per heavy atom. The molecule has 0 bridgehead atoms. The van der Waals surface area contributed by atoms with Gasteiger partial charge in [0.2, 0.25) is 5.91 Å². The van der Waals surface area contributed by atoms with E-state index < -0.39 is 0 Å². The summed E-state index contributed by atoms with van der Waals surface area (Å²) in [6.45, 7) is 2.66. The lowest BCUT2D eigenvalue weighted by molar-refractivity contribution is -0.129. The number of methoxy groups -OCH3 is 1. The predicted octanol–water partition coefficient (Wildman–Crippen LogP) is 4.68. The number of ether oxygens (including phenoxy) is 1. The molecule has 1 aliphatic carbocycles. The molecule has 4 nitrogen and oxygen atoms in total. The van der Waals surface area contributed by atoms with Gasteiger partial charge in [0.25, 0.3) is 0 Å². The average Bonchev–Trinajstić information content (AvgIpc) is 3.41. The van der Waals surface area contributed by atoms with Crippen LogP contribution in [-0.2, 0) is 16.8 Å². The van der Waals surface area contributed by atoms with Crippen LogP contribution >= 0.6 is 0 Å². The van der Waals surface area contributed by atoms with Gasteiger partial charge in [-0.05, 0) is 55.5 Å². The van der Waals surface area contributed by atoms with Crippen LogP contribution in [0.5, 0.6) is 5.75 Å². The third kappa shape index (κ3) is 4.70. The van der Waals surface area contributed by atoms with Crippen molar-refractivity contribution in [2.75, 3.05) is 20.2 Å². The first-order chi connectivity index (χ1) is 14.7. The van der Waals surface area contributed by atoms with Gasteiger partial charge in [0.1, 0.15) is 5.75 Å². The summed E-state index contributed by atoms with van der Waals surface area (Å²) in [5, 5.41) is 3.56. The van der Waals surface area contributed by atoms with Crippen LogP contribution in [0.15, 0.2) is 54.6 Å². The van der Waals surface area contributed by atoms with Crippen LogP contribution in [0.4, 0.5) is 0 Å². The molecule has 1 amide bonds. The van der Waals surface area contributed by atoms with E-state index in [0.29, 0.717) is 18.4 Å². The zero-order valence-electron chi connectivity index (χ0n) is 18.1. The Hall–Kier alpha value is -2.33. The molecule has 1 heterocycles. The van der Waals surface area contributed by atoms with E-state index in [-0.39, 0.29) is 5.41 Å². The highest BCUT2D eigenvalue weighted by Gasteiger charge is 2.41. The monoisotopic (exact) mass is 406 g/mol. The maximum absolute atomic E-state index is 12.8. The number of hydrogen-bond acceptors (Lipinski definition) is 3. The smallest absolute Gasteiger partial charge is 0.222 e. The number of nitrogens with zero attached hydrogens (tertiary/aromatic N) is 1. The first-order valence-electron chi connectivity index (χ1n) is 11.4. The van der Waals surface area contributed by atoms with E-state index in [1.54, 1.807) is 7.11 Å². The van der Waals surface area contributed by atoms with Crippen LogP contribution in [0.3, 0.4) is 0 Å². The van der Waals surface area contributed by atoms with E-state index in [2.05, 4.69) is 52.7 Å². The van der Waals surface area contributed by atoms with Crippen molar-refractivity contribution < 1.29 is 9.53 Å². The second kappa shape index (κ2) is 9.65. The summed E-state index contributed by atoms with van der Waals surface area (Å²) in [7, 11) is 1.69. The normalized spacial score (nSPS) is 20.6. The van der Waals surface area contributed by atoms with Gasteiger partial charge < -0.3 is 15.0 Å². The fraction of sp³-hybridized carbons (Fsp3) is 0.500. The van der Waals surface area contributed by atoms with Gasteiger partial charge in [-0.15, -0.1) is 0 Å². The number of hydrogen-bond donors (Lipinski definition) is 1. The van der Waals surface area contributed by atoms with Crippen molar-refractivity contribution >= 4 is 5.91 Å². The summed E-state index contributed by atoms with van der Waals surface area (Å²) in [6.07, 6.45) is 7.65. The summed E-state index contributed by atoms with van der Waals surface area (Å²) in [5.74, 6) is 1.23. The van der Waals surface area contributed by atoms with Crippen LogP contribution in [-0.4, -0.2) is 37.0 Å². The summed E-state index contributed by atoms with van der Waals surface area (Å²) >= 11 is 0. The topological polar surface area (TPSA) is 41.6 Å². The van der Waals surface area contributed by atoms with Crippen molar-refractivity contribution in [1.82, 2.24) is 10.2 Å². The molecule has 0 spiro atoms. The van der Waals surface area contributed by atoms with Crippen molar-refractivity contribution in [2.24, 2.45) is 0 Å². The highest BCUT2D eigenvalue weighted by atomic mass is 16.5. The fourth-order valence-electron chi connectivity index (χ4n) is 5.26. The van der Waals surface area contributed by atoms with Gasteiger partial charge in [0.15, 0.2) is 0 Å². The minimum atomic E-state index is 0.149. The molecule has 2 fully saturated rings. The van der Waals surface area contributed by atoms with Crippen molar-refractivity contribution in [1.29, 1.82) is 0 Å². The molecule has 30 heavy (non-hydrogen) atoms. The second-order valence-corrected chi connectivity index (χ2v) is 8.88. The molecule has 160 valence electrons. The largest absolute Gasteiger partial charge is 0.497 e. The van der Waals surface area contributed by atoms with E-state index in [0.717, 1.165) is 38.2 Å². The van der Waals surface area contributed by atoms with Gasteiger partial charge in [-0.2, -0.15) is 0 Å². The molecule has 2 aromatic rings. The van der Waals surface area contributed by atoms with E-state index >= 15 is 0 Å². The number of benzene rings is 2. The molecule has 4 heteroatoms. The minimum Gasteiger partial charge on any atom is -0.497 e. The third-order valence-corrected chi connectivity index (χ3v) is 7.01. The molecule has 0 unspecified atom stereocenters. The lowest BCUT2D eigenvalue weighted by Crippen LogP contribution is -2.44. The summed E-state index contributed by atoms with van der Waals surface area (Å²) in [4.78, 5) is 15.0. The van der Waals surface area contributed by atoms with Gasteiger partial charge in [0.05, 0.1) is 7.11 Å². The van der Waals surface area contributed by atoms with Gasteiger partial charge in [-0.25, -0.2) is 0 Å². The molecule has 2 aliphatic rings. The SMILES string of the molecule is COc1ccc(CNCC[C@@H]2CCC(=O)N2CC2(c3ccccc3)CCCC2)cc1. The van der Waals surface area contributed by atoms with Crippen molar-refractivity contribution in [3.05, 3.63) is 65.7 Å². The molecule has 1 saturated carbocycles. The summed E-state index contributed by atoms with van der Waals surface area (Å²) in [5.41, 5.74) is 2.82. The van der Waals surface area contributed by atoms with Crippen LogP contribution in [0.1, 0.15) is 56.1 Å². The second-order valence-electron chi connectivity index (χ2n) is 8.88. The molecule has 2 aromatic carbocycles. The van der Waals surface area contributed by atoms with Gasteiger partial charge in [-0.3, -0.25) is 4.79 Å². The highest BCUT2D eigenvalue weighted by Crippen LogP contribution is 2.43. The number of amides is 1. The first-order valence-corrected chi connectivity index (χ1v) is 11.4. The van der Waals surface area contributed by atoms with Crippen LogP contribution in [0.25, 0.3) is 0 Å². The predicted molar refractivity (Wildman–Crippen MR) is 121 cm³/mol. The third-order valence-electron chi connectivity index (χ3n) is 7.01. The summed E-state index contributed by atoms with van der Waals surface area (Å²) in [6, 6.07) is 19.4. The lowest BCUT2D eigenvalue weighted by atomic mass is 9.78. The molecule has 0 radical (unpaired) electrons. The zero-order valence-corrected chi connectivity index (χ0v) is 18.1. The van der Waals surface area contributed by atoms with E-state index in [1.165, 1.54) is 36.8 Å². The number of carbonyl (C=O) groups is 1. The molecular formula is C26H34N2O2. The Kier molecular flexibility index (Phi) is 6.73. The molecular weight excluding hydrogens is 372 g/mol. The standard InChI is InChI=1S/C26H34N2O2/c1-30-24-12-9-21(10-13-24)19-27-18-15-23-11-14-25(29)28(23)20-26(16-5-6-17-26)22-7-3-2-4-8-22/h2-4,7-10,12-13,23,27H,5-6,11,14-20H2,1H3/t23-/m0/s1. The Morgan fingerprint density at radius 3 is 2.50 bits per heavy atom. The number of rotatable bonds is 9. The van der Waals surface area contributed by atoms with Crippen LogP contribution < -0.4 is 10.1 Å². The average molecular weight is 407 g/mol. The molecule has 0 aromatic heterocycles. The Labute approximate surface area is 180 Å². The number of likely N-dealkylation sites (tertiary alicyclic amines) is 1. The minimum absolute atomic E-state index is 0.149. The summed E-state index contributed by atoms with van der Waals surface area (Å²) < 4.78 is 5.22.